The van der Waals surface area contributed by atoms with Crippen molar-refractivity contribution in [2.45, 2.75) is 40.2 Å². The molecule has 1 N–H and O–H groups in total. The molecular formula is C13H23NO3S. The maximum atomic E-state index is 11.3. The Kier molecular flexibility index (Phi) is 4.99. The van der Waals surface area contributed by atoms with Crippen LogP contribution >= 0.6 is 0 Å². The van der Waals surface area contributed by atoms with Crippen molar-refractivity contribution in [3.8, 4) is 0 Å². The topological polar surface area (TPSA) is 59.3 Å². The highest BCUT2D eigenvalue weighted by molar-refractivity contribution is 7.90. The van der Waals surface area contributed by atoms with E-state index in [4.69, 9.17) is 4.42 Å². The average Bonchev–Trinajstić information content (AvgIpc) is 2.48. The summed E-state index contributed by atoms with van der Waals surface area (Å²) in [6.45, 7) is 8.71. The SMILES string of the molecule is CCNC(CCS(C)(=O)=O)c1c(C)oc(C)c1C. The lowest BCUT2D eigenvalue weighted by molar-refractivity contribution is 0.480. The molecule has 0 aliphatic carbocycles. The van der Waals surface area contributed by atoms with Crippen LogP contribution in [0.4, 0.5) is 0 Å². The average molecular weight is 273 g/mol. The Morgan fingerprint density at radius 2 is 1.83 bits per heavy atom. The fraction of sp³-hybridized carbons (Fsp3) is 0.692. The van der Waals surface area contributed by atoms with Crippen LogP contribution < -0.4 is 5.32 Å². The summed E-state index contributed by atoms with van der Waals surface area (Å²) >= 11 is 0. The minimum Gasteiger partial charge on any atom is -0.466 e. The van der Waals surface area contributed by atoms with Gasteiger partial charge in [0, 0.05) is 17.9 Å². The lowest BCUT2D eigenvalue weighted by atomic mass is 10.00. The molecule has 1 aromatic rings. The lowest BCUT2D eigenvalue weighted by Crippen LogP contribution is -2.24. The molecule has 18 heavy (non-hydrogen) atoms. The number of aryl methyl sites for hydroxylation is 2. The van der Waals surface area contributed by atoms with Crippen molar-refractivity contribution < 1.29 is 12.8 Å². The molecule has 5 heteroatoms. The van der Waals surface area contributed by atoms with Crippen molar-refractivity contribution in [3.63, 3.8) is 0 Å². The molecule has 0 saturated carbocycles. The second-order valence-corrected chi connectivity index (χ2v) is 7.04. The van der Waals surface area contributed by atoms with Crippen molar-refractivity contribution in [2.24, 2.45) is 0 Å². The van der Waals surface area contributed by atoms with Gasteiger partial charge in [-0.3, -0.25) is 0 Å². The van der Waals surface area contributed by atoms with Crippen LogP contribution in [0.3, 0.4) is 0 Å². The fourth-order valence-corrected chi connectivity index (χ4v) is 2.91. The largest absolute Gasteiger partial charge is 0.466 e. The molecule has 0 radical (unpaired) electrons. The van der Waals surface area contributed by atoms with E-state index < -0.39 is 9.84 Å². The molecule has 0 saturated heterocycles. The third-order valence-corrected chi connectivity index (χ3v) is 4.17. The van der Waals surface area contributed by atoms with Gasteiger partial charge in [-0.2, -0.15) is 0 Å². The van der Waals surface area contributed by atoms with E-state index in [9.17, 15) is 8.42 Å². The number of nitrogens with one attached hydrogen (secondary N) is 1. The van der Waals surface area contributed by atoms with Gasteiger partial charge >= 0.3 is 0 Å². The highest BCUT2D eigenvalue weighted by Gasteiger charge is 2.21. The van der Waals surface area contributed by atoms with Crippen LogP contribution in [0.2, 0.25) is 0 Å². The Hall–Kier alpha value is -0.810. The molecule has 0 fully saturated rings. The number of hydrogen-bond acceptors (Lipinski definition) is 4. The Morgan fingerprint density at radius 3 is 2.22 bits per heavy atom. The fourth-order valence-electron chi connectivity index (χ4n) is 2.25. The number of furan rings is 1. The Morgan fingerprint density at radius 1 is 1.22 bits per heavy atom. The van der Waals surface area contributed by atoms with E-state index in [-0.39, 0.29) is 11.8 Å². The summed E-state index contributed by atoms with van der Waals surface area (Å²) in [5.41, 5.74) is 2.23. The molecule has 1 unspecified atom stereocenters. The minimum atomic E-state index is -2.94. The van der Waals surface area contributed by atoms with Crippen LogP contribution in [0.1, 0.15) is 42.0 Å². The van der Waals surface area contributed by atoms with Gasteiger partial charge in [-0.1, -0.05) is 6.92 Å². The smallest absolute Gasteiger partial charge is 0.147 e. The van der Waals surface area contributed by atoms with Gasteiger partial charge in [-0.15, -0.1) is 0 Å². The van der Waals surface area contributed by atoms with Crippen molar-refractivity contribution >= 4 is 9.84 Å². The molecule has 0 amide bonds. The van der Waals surface area contributed by atoms with E-state index >= 15 is 0 Å². The second kappa shape index (κ2) is 5.89. The lowest BCUT2D eigenvalue weighted by Gasteiger charge is -2.18. The van der Waals surface area contributed by atoms with E-state index in [2.05, 4.69) is 5.32 Å². The van der Waals surface area contributed by atoms with Crippen molar-refractivity contribution in [3.05, 3.63) is 22.6 Å². The molecule has 1 atom stereocenters. The third-order valence-electron chi connectivity index (χ3n) is 3.19. The summed E-state index contributed by atoms with van der Waals surface area (Å²) in [6.07, 6.45) is 1.85. The molecule has 4 nitrogen and oxygen atoms in total. The van der Waals surface area contributed by atoms with Gasteiger partial charge in [-0.05, 0) is 39.3 Å². The van der Waals surface area contributed by atoms with Gasteiger partial charge in [0.2, 0.25) is 0 Å². The maximum Gasteiger partial charge on any atom is 0.147 e. The summed E-state index contributed by atoms with van der Waals surface area (Å²) in [4.78, 5) is 0. The standard InChI is InChI=1S/C13H23NO3S/c1-6-14-12(7-8-18(5,15)16)13-9(2)10(3)17-11(13)4/h12,14H,6-8H2,1-5H3. The van der Waals surface area contributed by atoms with Crippen molar-refractivity contribution in [1.29, 1.82) is 0 Å². The molecule has 1 rings (SSSR count). The van der Waals surface area contributed by atoms with Gasteiger partial charge in [0.05, 0.1) is 5.75 Å². The monoisotopic (exact) mass is 273 g/mol. The minimum absolute atomic E-state index is 0.0437. The first-order valence-electron chi connectivity index (χ1n) is 6.23. The molecule has 1 aromatic heterocycles. The Balaban J connectivity index is 2.97. The Bertz CT molecular complexity index is 503. The van der Waals surface area contributed by atoms with Crippen LogP contribution in [0.15, 0.2) is 4.42 Å². The summed E-state index contributed by atoms with van der Waals surface area (Å²) in [5, 5.41) is 3.34. The van der Waals surface area contributed by atoms with E-state index in [0.29, 0.717) is 6.42 Å². The van der Waals surface area contributed by atoms with Gasteiger partial charge in [0.15, 0.2) is 0 Å². The van der Waals surface area contributed by atoms with E-state index in [1.165, 1.54) is 6.26 Å². The van der Waals surface area contributed by atoms with Gasteiger partial charge in [0.1, 0.15) is 21.4 Å². The first-order chi connectivity index (χ1) is 8.26. The molecule has 104 valence electrons. The zero-order valence-corrected chi connectivity index (χ0v) is 12.6. The summed E-state index contributed by atoms with van der Waals surface area (Å²) in [7, 11) is -2.94. The zero-order valence-electron chi connectivity index (χ0n) is 11.8. The van der Waals surface area contributed by atoms with E-state index in [1.807, 2.05) is 27.7 Å². The zero-order chi connectivity index (χ0) is 13.9. The van der Waals surface area contributed by atoms with Crippen LogP contribution in [0, 0.1) is 20.8 Å². The van der Waals surface area contributed by atoms with Crippen LogP contribution in [0.5, 0.6) is 0 Å². The summed E-state index contributed by atoms with van der Waals surface area (Å²) < 4.78 is 28.2. The van der Waals surface area contributed by atoms with Gasteiger partial charge in [-0.25, -0.2) is 8.42 Å². The third kappa shape index (κ3) is 3.85. The first-order valence-corrected chi connectivity index (χ1v) is 8.30. The number of hydrogen-bond donors (Lipinski definition) is 1. The molecule has 0 aromatic carbocycles. The van der Waals surface area contributed by atoms with Crippen LogP contribution in [-0.4, -0.2) is 27.0 Å². The highest BCUT2D eigenvalue weighted by Crippen LogP contribution is 2.29. The Labute approximate surface area is 110 Å². The van der Waals surface area contributed by atoms with Crippen LogP contribution in [-0.2, 0) is 9.84 Å². The molecular weight excluding hydrogens is 250 g/mol. The molecule has 0 bridgehead atoms. The van der Waals surface area contributed by atoms with Crippen LogP contribution in [0.25, 0.3) is 0 Å². The molecule has 0 spiro atoms. The van der Waals surface area contributed by atoms with Crippen molar-refractivity contribution in [2.75, 3.05) is 18.6 Å². The molecule has 0 aliphatic heterocycles. The summed E-state index contributed by atoms with van der Waals surface area (Å²) in [6, 6.07) is 0.0437. The maximum absolute atomic E-state index is 11.3. The molecule has 1 heterocycles. The number of rotatable bonds is 6. The normalized spacial score (nSPS) is 13.8. The van der Waals surface area contributed by atoms with Gasteiger partial charge in [0.25, 0.3) is 0 Å². The van der Waals surface area contributed by atoms with Gasteiger partial charge < -0.3 is 9.73 Å². The van der Waals surface area contributed by atoms with E-state index in [1.54, 1.807) is 0 Å². The second-order valence-electron chi connectivity index (χ2n) is 4.78. The molecule has 0 aliphatic rings. The quantitative estimate of drug-likeness (QED) is 0.864. The van der Waals surface area contributed by atoms with Crippen molar-refractivity contribution in [1.82, 2.24) is 5.32 Å². The van der Waals surface area contributed by atoms with E-state index in [0.717, 1.165) is 29.2 Å². The number of sulfone groups is 1. The predicted molar refractivity (Wildman–Crippen MR) is 73.7 cm³/mol. The first kappa shape index (κ1) is 15.2. The predicted octanol–water partition coefficient (Wildman–Crippen LogP) is 2.29. The highest BCUT2D eigenvalue weighted by atomic mass is 32.2. The summed E-state index contributed by atoms with van der Waals surface area (Å²) in [5.74, 6) is 1.97.